The maximum atomic E-state index is 13.2. The Hall–Kier alpha value is -2.27. The van der Waals surface area contributed by atoms with Gasteiger partial charge in [-0.2, -0.15) is 0 Å². The highest BCUT2D eigenvalue weighted by Crippen LogP contribution is 2.29. The number of hydrogen-bond acceptors (Lipinski definition) is 3. The van der Waals surface area contributed by atoms with Crippen LogP contribution in [-0.2, 0) is 0 Å². The predicted molar refractivity (Wildman–Crippen MR) is 74.1 cm³/mol. The zero-order chi connectivity index (χ0) is 14.0. The molecule has 4 nitrogen and oxygen atoms in total. The van der Waals surface area contributed by atoms with Crippen molar-refractivity contribution in [2.75, 3.05) is 11.1 Å². The van der Waals surface area contributed by atoms with Crippen LogP contribution in [-0.4, -0.2) is 5.91 Å². The van der Waals surface area contributed by atoms with Gasteiger partial charge in [0.15, 0.2) is 0 Å². The maximum Gasteiger partial charge on any atom is 0.248 e. The lowest BCUT2D eigenvalue weighted by atomic mass is 10.1. The zero-order valence-electron chi connectivity index (χ0n) is 9.78. The van der Waals surface area contributed by atoms with Gasteiger partial charge in [0.1, 0.15) is 5.82 Å². The Morgan fingerprint density at radius 1 is 1.16 bits per heavy atom. The first-order valence-electron chi connectivity index (χ1n) is 5.39. The average molecular weight is 280 g/mol. The van der Waals surface area contributed by atoms with Gasteiger partial charge in [0, 0.05) is 5.56 Å². The number of anilines is 3. The lowest BCUT2D eigenvalue weighted by Gasteiger charge is -2.11. The van der Waals surface area contributed by atoms with Gasteiger partial charge in [-0.05, 0) is 36.4 Å². The topological polar surface area (TPSA) is 81.1 Å². The molecule has 1 amide bonds. The van der Waals surface area contributed by atoms with Crippen LogP contribution in [0.3, 0.4) is 0 Å². The van der Waals surface area contributed by atoms with Gasteiger partial charge in [-0.15, -0.1) is 0 Å². The van der Waals surface area contributed by atoms with Crippen LogP contribution in [0.1, 0.15) is 10.4 Å². The lowest BCUT2D eigenvalue weighted by molar-refractivity contribution is 0.100. The van der Waals surface area contributed by atoms with E-state index in [9.17, 15) is 9.18 Å². The molecule has 19 heavy (non-hydrogen) atoms. The number of rotatable bonds is 3. The number of nitrogens with one attached hydrogen (secondary N) is 1. The number of amides is 1. The summed E-state index contributed by atoms with van der Waals surface area (Å²) in [4.78, 5) is 11.1. The molecule has 0 aliphatic rings. The first-order chi connectivity index (χ1) is 8.97. The number of primary amides is 1. The van der Waals surface area contributed by atoms with Crippen molar-refractivity contribution in [3.05, 3.63) is 52.8 Å². The third-order valence-corrected chi connectivity index (χ3v) is 2.87. The molecule has 2 aromatic carbocycles. The summed E-state index contributed by atoms with van der Waals surface area (Å²) in [6, 6.07) is 8.44. The molecule has 2 aromatic rings. The number of carbonyl (C=O) groups is 1. The number of carbonyl (C=O) groups excluding carboxylic acids is 1. The summed E-state index contributed by atoms with van der Waals surface area (Å²) in [5, 5.41) is 3.21. The number of hydrogen-bond donors (Lipinski definition) is 3. The van der Waals surface area contributed by atoms with Crippen LogP contribution in [0.4, 0.5) is 21.5 Å². The van der Waals surface area contributed by atoms with Gasteiger partial charge in [-0.1, -0.05) is 11.6 Å². The van der Waals surface area contributed by atoms with Crippen LogP contribution in [0.2, 0.25) is 5.02 Å². The number of nitrogens with two attached hydrogens (primary N) is 2. The Labute approximate surface area is 114 Å². The third kappa shape index (κ3) is 2.95. The second kappa shape index (κ2) is 5.16. The van der Waals surface area contributed by atoms with Crippen LogP contribution >= 0.6 is 11.6 Å². The Balaban J connectivity index is 2.40. The molecule has 0 aliphatic carbocycles. The predicted octanol–water partition coefficient (Wildman–Crippen LogP) is 2.90. The highest BCUT2D eigenvalue weighted by molar-refractivity contribution is 6.33. The molecule has 0 atom stereocenters. The molecular formula is C13H11ClFN3O. The van der Waals surface area contributed by atoms with E-state index in [2.05, 4.69) is 5.32 Å². The van der Waals surface area contributed by atoms with Crippen molar-refractivity contribution >= 4 is 34.6 Å². The normalized spacial score (nSPS) is 10.2. The SMILES string of the molecule is NC(=O)c1ccc(N)c(Nc2cc(F)ccc2Cl)c1. The Morgan fingerprint density at radius 2 is 1.89 bits per heavy atom. The Bertz CT molecular complexity index is 646. The molecule has 0 aliphatic heterocycles. The second-order valence-corrected chi connectivity index (χ2v) is 4.32. The number of benzene rings is 2. The molecule has 0 saturated carbocycles. The summed E-state index contributed by atoms with van der Waals surface area (Å²) in [6.45, 7) is 0. The van der Waals surface area contributed by atoms with Gasteiger partial charge in [0.05, 0.1) is 22.1 Å². The van der Waals surface area contributed by atoms with Gasteiger partial charge in [-0.25, -0.2) is 4.39 Å². The fourth-order valence-electron chi connectivity index (χ4n) is 1.56. The second-order valence-electron chi connectivity index (χ2n) is 3.92. The molecule has 0 radical (unpaired) electrons. The van der Waals surface area contributed by atoms with Crippen molar-refractivity contribution < 1.29 is 9.18 Å². The van der Waals surface area contributed by atoms with Gasteiger partial charge >= 0.3 is 0 Å². The van der Waals surface area contributed by atoms with Crippen molar-refractivity contribution in [3.63, 3.8) is 0 Å². The van der Waals surface area contributed by atoms with Gasteiger partial charge < -0.3 is 16.8 Å². The first-order valence-corrected chi connectivity index (χ1v) is 5.76. The molecule has 0 spiro atoms. The fourth-order valence-corrected chi connectivity index (χ4v) is 1.72. The molecule has 0 fully saturated rings. The molecule has 5 N–H and O–H groups in total. The van der Waals surface area contributed by atoms with Crippen LogP contribution in [0.5, 0.6) is 0 Å². The van der Waals surface area contributed by atoms with Crippen molar-refractivity contribution in [2.45, 2.75) is 0 Å². The molecule has 0 heterocycles. The van der Waals surface area contributed by atoms with E-state index in [1.807, 2.05) is 0 Å². The quantitative estimate of drug-likeness (QED) is 0.756. The standard InChI is InChI=1S/C13H11ClFN3O/c14-9-3-2-8(15)6-11(9)18-12-5-7(13(17)19)1-4-10(12)16/h1-6,18H,16H2,(H2,17,19). The van der Waals surface area contributed by atoms with E-state index < -0.39 is 11.7 Å². The van der Waals surface area contributed by atoms with Gasteiger partial charge in [-0.3, -0.25) is 4.79 Å². The monoisotopic (exact) mass is 279 g/mol. The highest BCUT2D eigenvalue weighted by atomic mass is 35.5. The summed E-state index contributed by atoms with van der Waals surface area (Å²) >= 11 is 5.94. The van der Waals surface area contributed by atoms with Crippen LogP contribution < -0.4 is 16.8 Å². The lowest BCUT2D eigenvalue weighted by Crippen LogP contribution is -2.11. The average Bonchev–Trinajstić information content (AvgIpc) is 2.36. The summed E-state index contributed by atoms with van der Waals surface area (Å²) in [7, 11) is 0. The maximum absolute atomic E-state index is 13.2. The van der Waals surface area contributed by atoms with E-state index in [-0.39, 0.29) is 0 Å². The minimum atomic E-state index is -0.576. The minimum Gasteiger partial charge on any atom is -0.397 e. The smallest absolute Gasteiger partial charge is 0.248 e. The molecule has 0 saturated heterocycles. The summed E-state index contributed by atoms with van der Waals surface area (Å²) in [5.74, 6) is -1.01. The number of halogens is 2. The van der Waals surface area contributed by atoms with E-state index in [0.717, 1.165) is 0 Å². The zero-order valence-corrected chi connectivity index (χ0v) is 10.5. The Morgan fingerprint density at radius 3 is 2.58 bits per heavy atom. The molecule has 6 heteroatoms. The van der Waals surface area contributed by atoms with E-state index in [1.54, 1.807) is 0 Å². The van der Waals surface area contributed by atoms with Crippen molar-refractivity contribution in [2.24, 2.45) is 5.73 Å². The third-order valence-electron chi connectivity index (χ3n) is 2.54. The van der Waals surface area contributed by atoms with E-state index in [4.69, 9.17) is 23.1 Å². The summed E-state index contributed by atoms with van der Waals surface area (Å²) in [6.07, 6.45) is 0. The van der Waals surface area contributed by atoms with Crippen molar-refractivity contribution in [1.29, 1.82) is 0 Å². The van der Waals surface area contributed by atoms with E-state index >= 15 is 0 Å². The first kappa shape index (κ1) is 13.2. The molecule has 98 valence electrons. The van der Waals surface area contributed by atoms with Crippen LogP contribution in [0.25, 0.3) is 0 Å². The summed E-state index contributed by atoms with van der Waals surface area (Å²) in [5.41, 5.74) is 12.4. The van der Waals surface area contributed by atoms with E-state index in [0.29, 0.717) is 27.6 Å². The molecule has 0 bridgehead atoms. The molecule has 0 unspecified atom stereocenters. The fraction of sp³-hybridized carbons (Fsp3) is 0. The summed E-state index contributed by atoms with van der Waals surface area (Å²) < 4.78 is 13.2. The molecule has 0 aromatic heterocycles. The minimum absolute atomic E-state index is 0.296. The molecular weight excluding hydrogens is 269 g/mol. The van der Waals surface area contributed by atoms with Gasteiger partial charge in [0.25, 0.3) is 0 Å². The molecule has 2 rings (SSSR count). The van der Waals surface area contributed by atoms with Crippen LogP contribution in [0, 0.1) is 5.82 Å². The van der Waals surface area contributed by atoms with Crippen LogP contribution in [0.15, 0.2) is 36.4 Å². The Kier molecular flexibility index (Phi) is 3.57. The number of nitrogen functional groups attached to an aromatic ring is 1. The van der Waals surface area contributed by atoms with Crippen molar-refractivity contribution in [1.82, 2.24) is 0 Å². The van der Waals surface area contributed by atoms with E-state index in [1.165, 1.54) is 36.4 Å². The highest BCUT2D eigenvalue weighted by Gasteiger charge is 2.08. The van der Waals surface area contributed by atoms with Gasteiger partial charge in [0.2, 0.25) is 5.91 Å². The largest absolute Gasteiger partial charge is 0.397 e. The van der Waals surface area contributed by atoms with Crippen molar-refractivity contribution in [3.8, 4) is 0 Å².